The van der Waals surface area contributed by atoms with Crippen molar-refractivity contribution >= 4 is 5.91 Å². The highest BCUT2D eigenvalue weighted by Crippen LogP contribution is 2.09. The number of amides is 1. The Morgan fingerprint density at radius 1 is 1.16 bits per heavy atom. The summed E-state index contributed by atoms with van der Waals surface area (Å²) in [4.78, 5) is 20.0. The molecule has 0 heterocycles. The van der Waals surface area contributed by atoms with Crippen LogP contribution in [-0.4, -0.2) is 44.2 Å². The minimum absolute atomic E-state index is 0.0150. The molecular formula is C20H37N3O2+2. The Morgan fingerprint density at radius 2 is 1.88 bits per heavy atom. The van der Waals surface area contributed by atoms with Gasteiger partial charge in [0.1, 0.15) is 6.61 Å². The van der Waals surface area contributed by atoms with Crippen molar-refractivity contribution in [3.8, 4) is 0 Å². The lowest BCUT2D eigenvalue weighted by Crippen LogP contribution is -3.05. The van der Waals surface area contributed by atoms with Crippen LogP contribution in [0.4, 0.5) is 0 Å². The molecule has 5 heteroatoms. The van der Waals surface area contributed by atoms with E-state index < -0.39 is 0 Å². The van der Waals surface area contributed by atoms with E-state index in [-0.39, 0.29) is 11.9 Å². The van der Waals surface area contributed by atoms with E-state index in [1.165, 1.54) is 24.2 Å². The molecule has 0 spiro atoms. The number of hydrogen-bond acceptors (Lipinski definition) is 2. The fourth-order valence-corrected chi connectivity index (χ4v) is 2.69. The molecule has 0 aliphatic carbocycles. The zero-order valence-corrected chi connectivity index (χ0v) is 16.3. The third-order valence-electron chi connectivity index (χ3n) is 4.27. The Morgan fingerprint density at radius 3 is 2.52 bits per heavy atom. The maximum absolute atomic E-state index is 12.7. The van der Waals surface area contributed by atoms with Crippen LogP contribution >= 0.6 is 0 Å². The third kappa shape index (κ3) is 9.58. The molecule has 142 valence electrons. The first-order chi connectivity index (χ1) is 12.0. The SMILES string of the molecule is CCCCCCC([NH3+])C(=O)N(CCC[NH+](C)C)OCc1ccccc1. The number of carbonyl (C=O) groups is 1. The summed E-state index contributed by atoms with van der Waals surface area (Å²) in [5, 5.41) is 1.55. The quantitative estimate of drug-likeness (QED) is 0.412. The second kappa shape index (κ2) is 12.9. The van der Waals surface area contributed by atoms with Crippen molar-refractivity contribution in [1.82, 2.24) is 5.06 Å². The van der Waals surface area contributed by atoms with Gasteiger partial charge in [-0.2, -0.15) is 0 Å². The van der Waals surface area contributed by atoms with Crippen LogP contribution < -0.4 is 10.6 Å². The molecule has 25 heavy (non-hydrogen) atoms. The van der Waals surface area contributed by atoms with Crippen molar-refractivity contribution < 1.29 is 20.3 Å². The van der Waals surface area contributed by atoms with Gasteiger partial charge in [0.15, 0.2) is 6.04 Å². The average Bonchev–Trinajstić information content (AvgIpc) is 2.61. The Bertz CT molecular complexity index is 465. The highest BCUT2D eigenvalue weighted by molar-refractivity contribution is 5.79. The average molecular weight is 352 g/mol. The number of hydrogen-bond donors (Lipinski definition) is 2. The molecule has 1 aromatic rings. The van der Waals surface area contributed by atoms with E-state index in [1.54, 1.807) is 5.06 Å². The van der Waals surface area contributed by atoms with Gasteiger partial charge in [-0.25, -0.2) is 5.06 Å². The van der Waals surface area contributed by atoms with Gasteiger partial charge in [0.2, 0.25) is 0 Å². The first-order valence-electron chi connectivity index (χ1n) is 9.65. The number of nitrogens with zero attached hydrogens (tertiary/aromatic N) is 1. The van der Waals surface area contributed by atoms with E-state index in [1.807, 2.05) is 30.3 Å². The van der Waals surface area contributed by atoms with E-state index in [9.17, 15) is 4.79 Å². The summed E-state index contributed by atoms with van der Waals surface area (Å²) in [6.45, 7) is 4.25. The summed E-state index contributed by atoms with van der Waals surface area (Å²) in [7, 11) is 4.24. The van der Waals surface area contributed by atoms with E-state index in [4.69, 9.17) is 4.84 Å². The van der Waals surface area contributed by atoms with Gasteiger partial charge in [0, 0.05) is 12.8 Å². The van der Waals surface area contributed by atoms with E-state index in [0.717, 1.165) is 31.4 Å². The summed E-state index contributed by atoms with van der Waals surface area (Å²) in [5.41, 5.74) is 5.15. The van der Waals surface area contributed by atoms with Gasteiger partial charge in [-0.3, -0.25) is 9.63 Å². The highest BCUT2D eigenvalue weighted by atomic mass is 16.7. The van der Waals surface area contributed by atoms with Crippen LogP contribution in [0, 0.1) is 0 Å². The number of quaternary nitrogens is 2. The van der Waals surface area contributed by atoms with Gasteiger partial charge < -0.3 is 10.6 Å². The summed E-state index contributed by atoms with van der Waals surface area (Å²) in [5.74, 6) is 0.0150. The standard InChI is InChI=1S/C20H35N3O2/c1-4-5-6-10-14-19(21)20(24)23(16-11-15-22(2)3)25-17-18-12-8-7-9-13-18/h7-9,12-13,19H,4-6,10-11,14-17,21H2,1-3H3/p+2. The molecule has 0 aliphatic heterocycles. The summed E-state index contributed by atoms with van der Waals surface area (Å²) in [6, 6.07) is 9.75. The topological polar surface area (TPSA) is 61.6 Å². The third-order valence-corrected chi connectivity index (χ3v) is 4.27. The summed E-state index contributed by atoms with van der Waals surface area (Å²) in [6.07, 6.45) is 6.41. The lowest BCUT2D eigenvalue weighted by atomic mass is 10.1. The Kier molecular flexibility index (Phi) is 11.1. The van der Waals surface area contributed by atoms with Crippen molar-refractivity contribution in [2.45, 2.75) is 58.1 Å². The molecule has 0 aliphatic rings. The Balaban J connectivity index is 2.53. The molecule has 0 bridgehead atoms. The minimum atomic E-state index is -0.223. The van der Waals surface area contributed by atoms with Crippen LogP contribution in [0.25, 0.3) is 0 Å². The van der Waals surface area contributed by atoms with E-state index in [2.05, 4.69) is 26.8 Å². The first-order valence-corrected chi connectivity index (χ1v) is 9.65. The second-order valence-electron chi connectivity index (χ2n) is 7.06. The molecule has 0 aromatic heterocycles. The fraction of sp³-hybridized carbons (Fsp3) is 0.650. The number of unbranched alkanes of at least 4 members (excludes halogenated alkanes) is 3. The molecule has 1 rings (SSSR count). The lowest BCUT2D eigenvalue weighted by molar-refractivity contribution is -0.858. The molecule has 1 aromatic carbocycles. The van der Waals surface area contributed by atoms with Crippen LogP contribution in [0.15, 0.2) is 30.3 Å². The molecule has 0 radical (unpaired) electrons. The Hall–Kier alpha value is -1.43. The highest BCUT2D eigenvalue weighted by Gasteiger charge is 2.24. The summed E-state index contributed by atoms with van der Waals surface area (Å²) < 4.78 is 0. The smallest absolute Gasteiger partial charge is 0.304 e. The molecule has 5 nitrogen and oxygen atoms in total. The van der Waals surface area contributed by atoms with Crippen LogP contribution in [-0.2, 0) is 16.2 Å². The normalized spacial score (nSPS) is 12.4. The number of nitrogens with one attached hydrogen (secondary N) is 1. The number of rotatable bonds is 13. The minimum Gasteiger partial charge on any atom is -0.347 e. The largest absolute Gasteiger partial charge is 0.347 e. The molecule has 0 fully saturated rings. The predicted octanol–water partition coefficient (Wildman–Crippen LogP) is 1.06. The Labute approximate surface area is 153 Å². The number of hydroxylamine groups is 2. The van der Waals surface area contributed by atoms with E-state index >= 15 is 0 Å². The molecule has 1 amide bonds. The van der Waals surface area contributed by atoms with Crippen molar-refractivity contribution in [3.63, 3.8) is 0 Å². The van der Waals surface area contributed by atoms with Crippen LogP contribution in [0.3, 0.4) is 0 Å². The predicted molar refractivity (Wildman–Crippen MR) is 101 cm³/mol. The van der Waals surface area contributed by atoms with Crippen molar-refractivity contribution in [2.75, 3.05) is 27.2 Å². The van der Waals surface area contributed by atoms with Crippen molar-refractivity contribution in [3.05, 3.63) is 35.9 Å². The molecule has 4 N–H and O–H groups in total. The van der Waals surface area contributed by atoms with Crippen LogP contribution in [0.1, 0.15) is 51.0 Å². The molecule has 1 atom stereocenters. The maximum atomic E-state index is 12.7. The first kappa shape index (κ1) is 21.6. The lowest BCUT2D eigenvalue weighted by Gasteiger charge is -2.24. The monoisotopic (exact) mass is 351 g/mol. The van der Waals surface area contributed by atoms with Gasteiger partial charge in [-0.05, 0) is 12.0 Å². The van der Waals surface area contributed by atoms with Crippen molar-refractivity contribution in [2.24, 2.45) is 0 Å². The van der Waals surface area contributed by atoms with Gasteiger partial charge >= 0.3 is 5.91 Å². The fourth-order valence-electron chi connectivity index (χ4n) is 2.69. The van der Waals surface area contributed by atoms with Gasteiger partial charge in [0.05, 0.1) is 27.2 Å². The van der Waals surface area contributed by atoms with Gasteiger partial charge in [-0.1, -0.05) is 56.5 Å². The maximum Gasteiger partial charge on any atom is 0.304 e. The van der Waals surface area contributed by atoms with Crippen molar-refractivity contribution in [1.29, 1.82) is 0 Å². The van der Waals surface area contributed by atoms with Crippen LogP contribution in [0.2, 0.25) is 0 Å². The zero-order chi connectivity index (χ0) is 18.5. The van der Waals surface area contributed by atoms with Gasteiger partial charge in [0.25, 0.3) is 0 Å². The molecule has 0 saturated carbocycles. The van der Waals surface area contributed by atoms with Gasteiger partial charge in [-0.15, -0.1) is 0 Å². The van der Waals surface area contributed by atoms with Crippen LogP contribution in [0.5, 0.6) is 0 Å². The van der Waals surface area contributed by atoms with E-state index in [0.29, 0.717) is 13.2 Å². The number of carbonyl (C=O) groups excluding carboxylic acids is 1. The number of benzene rings is 1. The summed E-state index contributed by atoms with van der Waals surface area (Å²) >= 11 is 0. The zero-order valence-electron chi connectivity index (χ0n) is 16.3. The molecular weight excluding hydrogens is 314 g/mol. The molecule has 1 unspecified atom stereocenters. The molecule has 0 saturated heterocycles. The second-order valence-corrected chi connectivity index (χ2v) is 7.06.